The highest BCUT2D eigenvalue weighted by Gasteiger charge is 2.39. The quantitative estimate of drug-likeness (QED) is 0.803. The van der Waals surface area contributed by atoms with Crippen molar-refractivity contribution in [2.24, 2.45) is 0 Å². The molecular formula is C19H24F2N2O4. The van der Waals surface area contributed by atoms with Crippen molar-refractivity contribution in [2.45, 2.75) is 51.6 Å². The number of rotatable bonds is 4. The lowest BCUT2D eigenvalue weighted by Gasteiger charge is -2.38. The first-order valence-corrected chi connectivity index (χ1v) is 9.16. The van der Waals surface area contributed by atoms with Crippen LogP contribution < -0.4 is 4.74 Å². The number of alkyl halides is 2. The third-order valence-corrected chi connectivity index (χ3v) is 4.86. The van der Waals surface area contributed by atoms with Crippen LogP contribution in [0.4, 0.5) is 8.78 Å². The van der Waals surface area contributed by atoms with Gasteiger partial charge in [0.05, 0.1) is 17.8 Å². The van der Waals surface area contributed by atoms with E-state index in [2.05, 4.69) is 4.74 Å². The van der Waals surface area contributed by atoms with Gasteiger partial charge in [-0.15, -0.1) is 0 Å². The lowest BCUT2D eigenvalue weighted by molar-refractivity contribution is -0.147. The van der Waals surface area contributed by atoms with Crippen LogP contribution in [-0.4, -0.2) is 66.1 Å². The van der Waals surface area contributed by atoms with Crippen LogP contribution in [0.15, 0.2) is 24.3 Å². The normalized spacial score (nSPS) is 25.7. The molecule has 2 fully saturated rings. The molecule has 0 N–H and O–H groups in total. The van der Waals surface area contributed by atoms with Gasteiger partial charge in [0, 0.05) is 19.6 Å². The van der Waals surface area contributed by atoms with Crippen molar-refractivity contribution in [3.8, 4) is 5.75 Å². The highest BCUT2D eigenvalue weighted by atomic mass is 19.3. The van der Waals surface area contributed by atoms with E-state index in [1.165, 1.54) is 23.1 Å². The fraction of sp³-hybridized carbons (Fsp3) is 0.579. The zero-order valence-electron chi connectivity index (χ0n) is 15.4. The molecule has 1 aromatic rings. The first-order valence-electron chi connectivity index (χ1n) is 9.16. The first-order chi connectivity index (χ1) is 12.9. The molecule has 148 valence electrons. The highest BCUT2D eigenvalue weighted by Crippen LogP contribution is 2.27. The van der Waals surface area contributed by atoms with Crippen LogP contribution in [0.5, 0.6) is 5.75 Å². The maximum Gasteiger partial charge on any atom is 0.387 e. The molecule has 8 heteroatoms. The average Bonchev–Trinajstić information content (AvgIpc) is 3.09. The number of morpholine rings is 1. The first kappa shape index (κ1) is 19.5. The average molecular weight is 382 g/mol. The van der Waals surface area contributed by atoms with Gasteiger partial charge in [0.1, 0.15) is 11.8 Å². The van der Waals surface area contributed by atoms with Crippen molar-refractivity contribution in [2.75, 3.05) is 19.6 Å². The number of likely N-dealkylation sites (tertiary alicyclic amines) is 1. The maximum atomic E-state index is 13.0. The second kappa shape index (κ2) is 8.21. The van der Waals surface area contributed by atoms with Crippen molar-refractivity contribution in [1.29, 1.82) is 0 Å². The number of para-hydroxylation sites is 1. The molecule has 2 saturated heterocycles. The predicted molar refractivity (Wildman–Crippen MR) is 93.7 cm³/mol. The van der Waals surface area contributed by atoms with E-state index < -0.39 is 18.6 Å². The van der Waals surface area contributed by atoms with E-state index in [0.29, 0.717) is 32.5 Å². The van der Waals surface area contributed by atoms with Crippen molar-refractivity contribution < 1.29 is 27.8 Å². The Morgan fingerprint density at radius 1 is 1.19 bits per heavy atom. The number of halogens is 2. The smallest absolute Gasteiger partial charge is 0.387 e. The molecule has 0 bridgehead atoms. The Bertz CT molecular complexity index is 690. The largest absolute Gasteiger partial charge is 0.434 e. The van der Waals surface area contributed by atoms with Gasteiger partial charge in [0.25, 0.3) is 5.91 Å². The van der Waals surface area contributed by atoms with Gasteiger partial charge in [0.2, 0.25) is 5.91 Å². The van der Waals surface area contributed by atoms with Gasteiger partial charge in [-0.1, -0.05) is 12.1 Å². The number of carbonyl (C=O) groups is 2. The Hall–Kier alpha value is -2.22. The molecule has 0 spiro atoms. The van der Waals surface area contributed by atoms with Crippen LogP contribution in [0.1, 0.15) is 37.0 Å². The summed E-state index contributed by atoms with van der Waals surface area (Å²) in [6.07, 6.45) is 1.12. The minimum Gasteiger partial charge on any atom is -0.434 e. The van der Waals surface area contributed by atoms with Gasteiger partial charge < -0.3 is 19.3 Å². The Balaban J connectivity index is 1.78. The number of carbonyl (C=O) groups excluding carboxylic acids is 2. The van der Waals surface area contributed by atoms with E-state index in [4.69, 9.17) is 4.74 Å². The molecular weight excluding hydrogens is 358 g/mol. The third-order valence-electron chi connectivity index (χ3n) is 4.86. The summed E-state index contributed by atoms with van der Waals surface area (Å²) in [4.78, 5) is 29.2. The molecule has 0 aliphatic carbocycles. The van der Waals surface area contributed by atoms with Crippen LogP contribution >= 0.6 is 0 Å². The highest BCUT2D eigenvalue weighted by molar-refractivity contribution is 6.00. The van der Waals surface area contributed by atoms with Crippen LogP contribution in [0.2, 0.25) is 0 Å². The number of nitrogens with zero attached hydrogens (tertiary/aromatic N) is 2. The molecule has 3 atom stereocenters. The van der Waals surface area contributed by atoms with E-state index in [1.807, 2.05) is 13.8 Å². The third kappa shape index (κ3) is 4.37. The Morgan fingerprint density at radius 2 is 1.85 bits per heavy atom. The second-order valence-corrected chi connectivity index (χ2v) is 7.03. The summed E-state index contributed by atoms with van der Waals surface area (Å²) in [7, 11) is 0. The van der Waals surface area contributed by atoms with E-state index in [1.54, 1.807) is 11.0 Å². The molecule has 0 radical (unpaired) electrons. The molecule has 2 heterocycles. The van der Waals surface area contributed by atoms with Crippen molar-refractivity contribution in [3.63, 3.8) is 0 Å². The lowest BCUT2D eigenvalue weighted by Crippen LogP contribution is -2.54. The zero-order valence-corrected chi connectivity index (χ0v) is 15.4. The van der Waals surface area contributed by atoms with Crippen molar-refractivity contribution in [3.05, 3.63) is 29.8 Å². The molecule has 27 heavy (non-hydrogen) atoms. The number of benzene rings is 1. The molecule has 2 aliphatic rings. The molecule has 0 aromatic heterocycles. The molecule has 3 rings (SSSR count). The number of hydrogen-bond donors (Lipinski definition) is 0. The van der Waals surface area contributed by atoms with Gasteiger partial charge in [-0.3, -0.25) is 9.59 Å². The summed E-state index contributed by atoms with van der Waals surface area (Å²) < 4.78 is 35.4. The maximum absolute atomic E-state index is 13.0. The van der Waals surface area contributed by atoms with Gasteiger partial charge in [-0.05, 0) is 38.8 Å². The van der Waals surface area contributed by atoms with E-state index in [0.717, 1.165) is 0 Å². The number of amides is 2. The van der Waals surface area contributed by atoms with Gasteiger partial charge in [-0.25, -0.2) is 0 Å². The fourth-order valence-electron chi connectivity index (χ4n) is 3.83. The minimum absolute atomic E-state index is 0.0428. The molecule has 0 saturated carbocycles. The van der Waals surface area contributed by atoms with Gasteiger partial charge in [-0.2, -0.15) is 8.78 Å². The fourth-order valence-corrected chi connectivity index (χ4v) is 3.83. The van der Waals surface area contributed by atoms with Crippen LogP contribution in [0.25, 0.3) is 0 Å². The van der Waals surface area contributed by atoms with Crippen LogP contribution in [0, 0.1) is 0 Å². The van der Waals surface area contributed by atoms with Crippen molar-refractivity contribution in [1.82, 2.24) is 9.80 Å². The summed E-state index contributed by atoms with van der Waals surface area (Å²) in [6.45, 7) is 2.16. The topological polar surface area (TPSA) is 59.1 Å². The standard InChI is InChI=1S/C19H24F2N2O4/c1-12-10-22(11-13(2)26-12)18(25)15-7-5-9-23(15)17(24)14-6-3-4-8-16(14)27-19(20)21/h3-4,6,8,12-13,15,19H,5,7,9-11H2,1-2H3. The summed E-state index contributed by atoms with van der Waals surface area (Å²) in [5, 5.41) is 0. The lowest BCUT2D eigenvalue weighted by atomic mass is 10.1. The summed E-state index contributed by atoms with van der Waals surface area (Å²) in [6, 6.07) is 5.30. The molecule has 1 aromatic carbocycles. The van der Waals surface area contributed by atoms with Crippen LogP contribution in [0.3, 0.4) is 0 Å². The summed E-state index contributed by atoms with van der Waals surface area (Å²) >= 11 is 0. The monoisotopic (exact) mass is 382 g/mol. The predicted octanol–water partition coefficient (Wildman–Crippen LogP) is 2.53. The van der Waals surface area contributed by atoms with E-state index >= 15 is 0 Å². The Morgan fingerprint density at radius 3 is 2.52 bits per heavy atom. The van der Waals surface area contributed by atoms with Crippen LogP contribution in [-0.2, 0) is 9.53 Å². The number of ether oxygens (including phenoxy) is 2. The summed E-state index contributed by atoms with van der Waals surface area (Å²) in [5.41, 5.74) is 0.0428. The molecule has 6 nitrogen and oxygen atoms in total. The van der Waals surface area contributed by atoms with E-state index in [-0.39, 0.29) is 29.4 Å². The Labute approximate surface area is 157 Å². The second-order valence-electron chi connectivity index (χ2n) is 7.03. The molecule has 2 aliphatic heterocycles. The summed E-state index contributed by atoms with van der Waals surface area (Å²) in [5.74, 6) is -0.754. The van der Waals surface area contributed by atoms with E-state index in [9.17, 15) is 18.4 Å². The van der Waals surface area contributed by atoms with Gasteiger partial charge in [0.15, 0.2) is 0 Å². The molecule has 2 amide bonds. The van der Waals surface area contributed by atoms with Gasteiger partial charge >= 0.3 is 6.61 Å². The number of hydrogen-bond acceptors (Lipinski definition) is 4. The minimum atomic E-state index is -3.02. The SMILES string of the molecule is CC1CN(C(=O)C2CCCN2C(=O)c2ccccc2OC(F)F)CC(C)O1. The zero-order chi connectivity index (χ0) is 19.6. The van der Waals surface area contributed by atoms with Crippen molar-refractivity contribution >= 4 is 11.8 Å². The Kier molecular flexibility index (Phi) is 5.94. The molecule has 3 unspecified atom stereocenters.